The molecule has 7 nitrogen and oxygen atoms in total. The molecule has 4 aromatic rings. The first kappa shape index (κ1) is 16.8. The van der Waals surface area contributed by atoms with Crippen molar-refractivity contribution < 1.29 is 4.79 Å². The van der Waals surface area contributed by atoms with Gasteiger partial charge in [-0.05, 0) is 18.4 Å². The van der Waals surface area contributed by atoms with Crippen molar-refractivity contribution in [3.8, 4) is 17.2 Å². The summed E-state index contributed by atoms with van der Waals surface area (Å²) in [5.41, 5.74) is 3.50. The molecule has 0 spiro atoms. The number of hydrogen-bond donors (Lipinski definition) is 1. The molecule has 8 heteroatoms. The summed E-state index contributed by atoms with van der Waals surface area (Å²) >= 11 is 1.65. The van der Waals surface area contributed by atoms with Crippen molar-refractivity contribution in [2.75, 3.05) is 5.32 Å². The predicted octanol–water partition coefficient (Wildman–Crippen LogP) is 3.57. The number of hydrogen-bond acceptors (Lipinski definition) is 6. The van der Waals surface area contributed by atoms with Crippen LogP contribution in [0.15, 0.2) is 54.0 Å². The van der Waals surface area contributed by atoms with Crippen LogP contribution in [0.5, 0.6) is 0 Å². The van der Waals surface area contributed by atoms with Crippen molar-refractivity contribution in [1.29, 1.82) is 0 Å². The molecule has 0 saturated heterocycles. The van der Waals surface area contributed by atoms with Crippen LogP contribution >= 0.6 is 11.3 Å². The van der Waals surface area contributed by atoms with Gasteiger partial charge in [-0.2, -0.15) is 14.9 Å². The van der Waals surface area contributed by atoms with E-state index in [9.17, 15) is 4.79 Å². The first-order chi connectivity index (χ1) is 13.7. The normalized spacial score (nSPS) is 15.9. The molecule has 1 N–H and O–H groups in total. The molecule has 138 valence electrons. The maximum atomic E-state index is 12.4. The fourth-order valence-corrected chi connectivity index (χ4v) is 4.39. The third-order valence-corrected chi connectivity index (χ3v) is 5.78. The largest absolute Gasteiger partial charge is 0.310 e. The van der Waals surface area contributed by atoms with Crippen LogP contribution in [0.4, 0.5) is 5.82 Å². The Hall–Kier alpha value is -3.39. The van der Waals surface area contributed by atoms with Gasteiger partial charge in [0.1, 0.15) is 5.82 Å². The molecule has 1 aromatic carbocycles. The average Bonchev–Trinajstić information content (AvgIpc) is 3.37. The summed E-state index contributed by atoms with van der Waals surface area (Å²) < 4.78 is 1.59. The molecular weight excluding hydrogens is 372 g/mol. The highest BCUT2D eigenvalue weighted by Gasteiger charge is 2.33. The highest BCUT2D eigenvalue weighted by atomic mass is 32.1. The minimum absolute atomic E-state index is 0.0113. The molecule has 0 aliphatic carbocycles. The van der Waals surface area contributed by atoms with Crippen LogP contribution in [-0.2, 0) is 4.79 Å². The maximum absolute atomic E-state index is 12.4. The number of benzene rings is 1. The molecule has 1 amide bonds. The van der Waals surface area contributed by atoms with Gasteiger partial charge in [0.05, 0.1) is 17.6 Å². The molecule has 0 unspecified atom stereocenters. The van der Waals surface area contributed by atoms with E-state index >= 15 is 0 Å². The molecule has 1 aliphatic rings. The zero-order chi connectivity index (χ0) is 19.1. The van der Waals surface area contributed by atoms with Gasteiger partial charge in [0.2, 0.25) is 5.91 Å². The number of aromatic nitrogens is 5. The Bertz CT molecular complexity index is 1150. The second-order valence-electron chi connectivity index (χ2n) is 6.59. The monoisotopic (exact) mass is 388 g/mol. The first-order valence-electron chi connectivity index (χ1n) is 8.89. The molecular formula is C20H16N6OS. The standard InChI is InChI=1S/C20H16N6OS/c1-12-18-14(16-8-5-9-28-16)10-17(27)23-19(18)26(25-12)20-22-15(11-21-24-20)13-6-3-2-4-7-13/h2-9,11,14H,10H2,1H3,(H,23,27)/t14-/m1/s1. The predicted molar refractivity (Wildman–Crippen MR) is 107 cm³/mol. The molecule has 0 bridgehead atoms. The molecule has 5 rings (SSSR count). The number of carbonyl (C=O) groups is 1. The number of rotatable bonds is 3. The van der Waals surface area contributed by atoms with Gasteiger partial charge in [0, 0.05) is 28.3 Å². The molecule has 28 heavy (non-hydrogen) atoms. The fraction of sp³-hybridized carbons (Fsp3) is 0.150. The zero-order valence-corrected chi connectivity index (χ0v) is 15.8. The van der Waals surface area contributed by atoms with Gasteiger partial charge in [-0.25, -0.2) is 4.98 Å². The number of amides is 1. The van der Waals surface area contributed by atoms with E-state index in [2.05, 4.69) is 31.7 Å². The van der Waals surface area contributed by atoms with Gasteiger partial charge in [0.25, 0.3) is 5.95 Å². The molecule has 0 fully saturated rings. The highest BCUT2D eigenvalue weighted by Crippen LogP contribution is 2.41. The summed E-state index contributed by atoms with van der Waals surface area (Å²) in [6, 6.07) is 13.8. The topological polar surface area (TPSA) is 85.6 Å². The maximum Gasteiger partial charge on any atom is 0.272 e. The van der Waals surface area contributed by atoms with Crippen molar-refractivity contribution in [2.24, 2.45) is 0 Å². The lowest BCUT2D eigenvalue weighted by atomic mass is 9.91. The van der Waals surface area contributed by atoms with Crippen LogP contribution in [0.25, 0.3) is 17.2 Å². The molecule has 3 aromatic heterocycles. The van der Waals surface area contributed by atoms with Crippen LogP contribution in [0.2, 0.25) is 0 Å². The van der Waals surface area contributed by atoms with Gasteiger partial charge in [-0.3, -0.25) is 4.79 Å². The first-order valence-corrected chi connectivity index (χ1v) is 9.77. The van der Waals surface area contributed by atoms with Gasteiger partial charge in [-0.1, -0.05) is 36.4 Å². The lowest BCUT2D eigenvalue weighted by Crippen LogP contribution is -2.25. The van der Waals surface area contributed by atoms with Crippen molar-refractivity contribution in [3.63, 3.8) is 0 Å². The quantitative estimate of drug-likeness (QED) is 0.580. The number of aryl methyl sites for hydroxylation is 1. The van der Waals surface area contributed by atoms with Crippen LogP contribution in [-0.4, -0.2) is 30.9 Å². The van der Waals surface area contributed by atoms with Crippen molar-refractivity contribution in [2.45, 2.75) is 19.3 Å². The van der Waals surface area contributed by atoms with E-state index in [1.807, 2.05) is 48.7 Å². The molecule has 4 heterocycles. The van der Waals surface area contributed by atoms with Crippen molar-refractivity contribution in [1.82, 2.24) is 25.0 Å². The smallest absolute Gasteiger partial charge is 0.272 e. The third-order valence-electron chi connectivity index (χ3n) is 4.80. The second-order valence-corrected chi connectivity index (χ2v) is 7.57. The second kappa shape index (κ2) is 6.65. The van der Waals surface area contributed by atoms with E-state index < -0.39 is 0 Å². The average molecular weight is 388 g/mol. The zero-order valence-electron chi connectivity index (χ0n) is 15.0. The van der Waals surface area contributed by atoms with Crippen LogP contribution < -0.4 is 5.32 Å². The van der Waals surface area contributed by atoms with E-state index in [1.54, 1.807) is 22.2 Å². The summed E-state index contributed by atoms with van der Waals surface area (Å²) in [6.07, 6.45) is 2.03. The van der Waals surface area contributed by atoms with Crippen LogP contribution in [0, 0.1) is 6.92 Å². The lowest BCUT2D eigenvalue weighted by molar-refractivity contribution is -0.116. The Morgan fingerprint density at radius 3 is 2.82 bits per heavy atom. The van der Waals surface area contributed by atoms with E-state index in [-0.39, 0.29) is 11.8 Å². The van der Waals surface area contributed by atoms with Gasteiger partial charge in [0.15, 0.2) is 0 Å². The van der Waals surface area contributed by atoms with Gasteiger partial charge in [-0.15, -0.1) is 16.4 Å². The molecule has 0 radical (unpaired) electrons. The van der Waals surface area contributed by atoms with E-state index in [0.29, 0.717) is 23.9 Å². The Morgan fingerprint density at radius 1 is 1.18 bits per heavy atom. The highest BCUT2D eigenvalue weighted by molar-refractivity contribution is 7.10. The Balaban J connectivity index is 1.64. The van der Waals surface area contributed by atoms with Crippen molar-refractivity contribution >= 4 is 23.1 Å². The molecule has 1 aliphatic heterocycles. The Kier molecular flexibility index (Phi) is 3.98. The van der Waals surface area contributed by atoms with Crippen molar-refractivity contribution in [3.05, 3.63) is 70.2 Å². The number of carbonyl (C=O) groups excluding carboxylic acids is 1. The van der Waals surface area contributed by atoms with E-state index in [0.717, 1.165) is 21.7 Å². The SMILES string of the molecule is Cc1nn(-c2nncc(-c3ccccc3)n2)c2c1[C@@H](c1cccs1)CC(=O)N2. The summed E-state index contributed by atoms with van der Waals surface area (Å²) in [5, 5.41) is 17.9. The summed E-state index contributed by atoms with van der Waals surface area (Å²) in [4.78, 5) is 18.2. The Morgan fingerprint density at radius 2 is 2.04 bits per heavy atom. The van der Waals surface area contributed by atoms with Crippen LogP contribution in [0.1, 0.15) is 28.5 Å². The summed E-state index contributed by atoms with van der Waals surface area (Å²) in [6.45, 7) is 1.95. The van der Waals surface area contributed by atoms with Crippen LogP contribution in [0.3, 0.4) is 0 Å². The number of fused-ring (bicyclic) bond motifs is 1. The molecule has 1 atom stereocenters. The Labute approximate surface area is 165 Å². The minimum atomic E-state index is -0.0424. The number of anilines is 1. The molecule has 0 saturated carbocycles. The lowest BCUT2D eigenvalue weighted by Gasteiger charge is -2.22. The number of thiophene rings is 1. The summed E-state index contributed by atoms with van der Waals surface area (Å²) in [5.74, 6) is 0.902. The van der Waals surface area contributed by atoms with E-state index in [1.165, 1.54) is 0 Å². The minimum Gasteiger partial charge on any atom is -0.310 e. The number of nitrogens with zero attached hydrogens (tertiary/aromatic N) is 5. The third kappa shape index (κ3) is 2.78. The number of nitrogens with one attached hydrogen (secondary N) is 1. The summed E-state index contributed by atoms with van der Waals surface area (Å²) in [7, 11) is 0. The fourth-order valence-electron chi connectivity index (χ4n) is 3.56. The van der Waals surface area contributed by atoms with Gasteiger partial charge < -0.3 is 5.32 Å². The van der Waals surface area contributed by atoms with E-state index in [4.69, 9.17) is 0 Å². The van der Waals surface area contributed by atoms with Gasteiger partial charge >= 0.3 is 0 Å².